The number of allylic oxidation sites excluding steroid dienone is 1. The van der Waals surface area contributed by atoms with Crippen molar-refractivity contribution >= 4 is 5.78 Å². The van der Waals surface area contributed by atoms with Crippen molar-refractivity contribution in [3.05, 3.63) is 35.9 Å². The summed E-state index contributed by atoms with van der Waals surface area (Å²) in [5.74, 6) is 0.316. The highest BCUT2D eigenvalue weighted by Crippen LogP contribution is 2.28. The van der Waals surface area contributed by atoms with E-state index in [1.165, 1.54) is 13.2 Å². The summed E-state index contributed by atoms with van der Waals surface area (Å²) in [5.41, 5.74) is 0.888. The Kier molecular flexibility index (Phi) is 6.40. The fourth-order valence-electron chi connectivity index (χ4n) is 3.08. The third-order valence-corrected chi connectivity index (χ3v) is 4.54. The Balaban J connectivity index is 1.86. The van der Waals surface area contributed by atoms with Crippen molar-refractivity contribution in [3.63, 3.8) is 0 Å². The number of methoxy groups -OCH3 is 1. The molecule has 3 N–H and O–H groups in total. The van der Waals surface area contributed by atoms with Gasteiger partial charge < -0.3 is 20.1 Å². The van der Waals surface area contributed by atoms with Gasteiger partial charge in [0.15, 0.2) is 11.5 Å². The van der Waals surface area contributed by atoms with Crippen LogP contribution in [0.5, 0.6) is 11.5 Å². The molecule has 5 heteroatoms. The Morgan fingerprint density at radius 1 is 1.38 bits per heavy atom. The third-order valence-electron chi connectivity index (χ3n) is 4.54. The zero-order chi connectivity index (χ0) is 17.7. The Bertz CT molecular complexity index is 595. The highest BCUT2D eigenvalue weighted by Gasteiger charge is 2.29. The lowest BCUT2D eigenvalue weighted by atomic mass is 9.82. The number of aliphatic hydroxyl groups excluding tert-OH is 2. The number of rotatable bonds is 7. The highest BCUT2D eigenvalue weighted by atomic mass is 16.5. The van der Waals surface area contributed by atoms with E-state index in [9.17, 15) is 20.1 Å². The summed E-state index contributed by atoms with van der Waals surface area (Å²) in [5, 5.41) is 29.8. The molecule has 0 unspecified atom stereocenters. The van der Waals surface area contributed by atoms with Gasteiger partial charge in [0, 0.05) is 18.8 Å². The van der Waals surface area contributed by atoms with E-state index in [0.29, 0.717) is 30.9 Å². The molecule has 0 aromatic heterocycles. The highest BCUT2D eigenvalue weighted by molar-refractivity contribution is 5.79. The fraction of sp³-hybridized carbons (Fsp3) is 0.526. The van der Waals surface area contributed by atoms with Gasteiger partial charge in [-0.25, -0.2) is 0 Å². The van der Waals surface area contributed by atoms with Crippen molar-refractivity contribution in [2.75, 3.05) is 7.11 Å². The number of benzene rings is 1. The monoisotopic (exact) mass is 334 g/mol. The van der Waals surface area contributed by atoms with Crippen molar-refractivity contribution in [1.29, 1.82) is 0 Å². The second-order valence-corrected chi connectivity index (χ2v) is 6.56. The molecule has 0 spiro atoms. The number of Topliss-reactive ketones (excluding diaryl/α,β-unsaturated/α-hetero) is 1. The standard InChI is InChI=1S/C19H26O5/c1-12-3-7-15(17(22)9-12)18(23)11-14(20)6-4-13-5-8-16(21)19(10-13)24-2/h3,5,7-8,10,12,15,17-18,21-23H,4,6,9,11H2,1-2H3/t12-,15-,17-,18+/m1/s1. The number of hydrogen-bond donors (Lipinski definition) is 3. The Hall–Kier alpha value is -1.85. The quantitative estimate of drug-likeness (QED) is 0.666. The lowest BCUT2D eigenvalue weighted by Crippen LogP contribution is -2.35. The summed E-state index contributed by atoms with van der Waals surface area (Å²) in [6, 6.07) is 4.99. The normalized spacial score (nSPS) is 24.6. The summed E-state index contributed by atoms with van der Waals surface area (Å²) in [6.45, 7) is 2.01. The lowest BCUT2D eigenvalue weighted by molar-refractivity contribution is -0.122. The number of ketones is 1. The second kappa shape index (κ2) is 8.31. The van der Waals surface area contributed by atoms with Crippen LogP contribution in [-0.2, 0) is 11.2 Å². The number of aromatic hydroxyl groups is 1. The molecule has 1 aromatic rings. The van der Waals surface area contributed by atoms with Crippen LogP contribution in [0.1, 0.15) is 31.7 Å². The van der Waals surface area contributed by atoms with E-state index < -0.39 is 12.2 Å². The number of ether oxygens (including phenoxy) is 1. The summed E-state index contributed by atoms with van der Waals surface area (Å²) >= 11 is 0. The maximum atomic E-state index is 12.1. The number of carbonyl (C=O) groups is 1. The molecule has 0 radical (unpaired) electrons. The first-order chi connectivity index (χ1) is 11.4. The largest absolute Gasteiger partial charge is 0.504 e. The van der Waals surface area contributed by atoms with Crippen LogP contribution in [0.2, 0.25) is 0 Å². The molecule has 0 saturated carbocycles. The molecule has 1 aliphatic carbocycles. The molecule has 5 nitrogen and oxygen atoms in total. The minimum atomic E-state index is -0.856. The van der Waals surface area contributed by atoms with Crippen LogP contribution in [0.25, 0.3) is 0 Å². The van der Waals surface area contributed by atoms with Crippen molar-refractivity contribution in [1.82, 2.24) is 0 Å². The van der Waals surface area contributed by atoms with Gasteiger partial charge in [-0.15, -0.1) is 0 Å². The van der Waals surface area contributed by atoms with Crippen LogP contribution < -0.4 is 4.74 Å². The topological polar surface area (TPSA) is 87.0 Å². The minimum absolute atomic E-state index is 0.0374. The smallest absolute Gasteiger partial charge is 0.160 e. The first kappa shape index (κ1) is 18.5. The zero-order valence-electron chi connectivity index (χ0n) is 14.2. The van der Waals surface area contributed by atoms with E-state index >= 15 is 0 Å². The van der Waals surface area contributed by atoms with E-state index in [1.807, 2.05) is 19.1 Å². The van der Waals surface area contributed by atoms with E-state index in [2.05, 4.69) is 0 Å². The van der Waals surface area contributed by atoms with Crippen LogP contribution >= 0.6 is 0 Å². The van der Waals surface area contributed by atoms with Gasteiger partial charge in [0.2, 0.25) is 0 Å². The minimum Gasteiger partial charge on any atom is -0.504 e. The first-order valence-electron chi connectivity index (χ1n) is 8.32. The molecule has 0 fully saturated rings. The Morgan fingerprint density at radius 3 is 2.79 bits per heavy atom. The predicted octanol–water partition coefficient (Wildman–Crippen LogP) is 2.23. The van der Waals surface area contributed by atoms with Crippen LogP contribution in [-0.4, -0.2) is 40.4 Å². The third kappa shape index (κ3) is 4.82. The average molecular weight is 334 g/mol. The molecule has 4 atom stereocenters. The van der Waals surface area contributed by atoms with Gasteiger partial charge in [0.1, 0.15) is 5.78 Å². The van der Waals surface area contributed by atoms with Gasteiger partial charge in [0.25, 0.3) is 0 Å². The maximum Gasteiger partial charge on any atom is 0.160 e. The molecule has 1 aliphatic rings. The molecule has 0 heterocycles. The first-order valence-corrected chi connectivity index (χ1v) is 8.32. The van der Waals surface area contributed by atoms with Crippen molar-refractivity contribution < 1.29 is 24.9 Å². The molecule has 2 rings (SSSR count). The van der Waals surface area contributed by atoms with Gasteiger partial charge in [-0.2, -0.15) is 0 Å². The van der Waals surface area contributed by atoms with Crippen LogP contribution in [0.15, 0.2) is 30.4 Å². The molecule has 0 saturated heterocycles. The summed E-state index contributed by atoms with van der Waals surface area (Å²) in [6.07, 6.45) is 3.81. The molecular weight excluding hydrogens is 308 g/mol. The Morgan fingerprint density at radius 2 is 2.12 bits per heavy atom. The zero-order valence-corrected chi connectivity index (χ0v) is 14.2. The van der Waals surface area contributed by atoms with E-state index in [1.54, 1.807) is 12.1 Å². The molecule has 0 bridgehead atoms. The predicted molar refractivity (Wildman–Crippen MR) is 91.0 cm³/mol. The number of phenols is 1. The van der Waals surface area contributed by atoms with Crippen LogP contribution in [0, 0.1) is 11.8 Å². The number of aryl methyl sites for hydroxylation is 1. The van der Waals surface area contributed by atoms with E-state index in [-0.39, 0.29) is 23.9 Å². The molecule has 24 heavy (non-hydrogen) atoms. The SMILES string of the molecule is COc1cc(CCC(=O)C[C@H](O)[C@@H]2C=C[C@@H](C)C[C@H]2O)ccc1O. The van der Waals surface area contributed by atoms with Gasteiger partial charge >= 0.3 is 0 Å². The summed E-state index contributed by atoms with van der Waals surface area (Å²) < 4.78 is 5.05. The van der Waals surface area contributed by atoms with Crippen LogP contribution in [0.3, 0.4) is 0 Å². The molecule has 0 aliphatic heterocycles. The maximum absolute atomic E-state index is 12.1. The number of hydrogen-bond acceptors (Lipinski definition) is 5. The molecule has 1 aromatic carbocycles. The number of phenolic OH excluding ortho intramolecular Hbond substituents is 1. The molecular formula is C19H26O5. The fourth-order valence-corrected chi connectivity index (χ4v) is 3.08. The number of carbonyl (C=O) groups excluding carboxylic acids is 1. The average Bonchev–Trinajstić information content (AvgIpc) is 2.53. The van der Waals surface area contributed by atoms with E-state index in [0.717, 1.165) is 5.56 Å². The summed E-state index contributed by atoms with van der Waals surface area (Å²) in [7, 11) is 1.48. The molecule has 0 amide bonds. The summed E-state index contributed by atoms with van der Waals surface area (Å²) in [4.78, 5) is 12.1. The lowest BCUT2D eigenvalue weighted by Gasteiger charge is -2.29. The van der Waals surface area contributed by atoms with Crippen molar-refractivity contribution in [2.24, 2.45) is 11.8 Å². The van der Waals surface area contributed by atoms with Crippen molar-refractivity contribution in [2.45, 2.75) is 44.8 Å². The van der Waals surface area contributed by atoms with Crippen molar-refractivity contribution in [3.8, 4) is 11.5 Å². The van der Waals surface area contributed by atoms with Gasteiger partial charge in [-0.3, -0.25) is 4.79 Å². The van der Waals surface area contributed by atoms with Crippen LogP contribution in [0.4, 0.5) is 0 Å². The second-order valence-electron chi connectivity index (χ2n) is 6.56. The van der Waals surface area contributed by atoms with Gasteiger partial charge in [-0.05, 0) is 36.5 Å². The van der Waals surface area contributed by atoms with Gasteiger partial charge in [0.05, 0.1) is 19.3 Å². The number of aliphatic hydroxyl groups is 2. The van der Waals surface area contributed by atoms with Gasteiger partial charge in [-0.1, -0.05) is 25.1 Å². The Labute approximate surface area is 142 Å². The molecule has 132 valence electrons. The van der Waals surface area contributed by atoms with E-state index in [4.69, 9.17) is 4.74 Å².